The van der Waals surface area contributed by atoms with Crippen molar-refractivity contribution in [1.29, 1.82) is 0 Å². The highest BCUT2D eigenvalue weighted by atomic mass is 16.3. The third-order valence-electron chi connectivity index (χ3n) is 3.37. The molecule has 0 fully saturated rings. The molecule has 0 aromatic heterocycles. The summed E-state index contributed by atoms with van der Waals surface area (Å²) in [6.07, 6.45) is 1.36. The molecular formula is C14H18N2O3. The third-order valence-corrected chi connectivity index (χ3v) is 3.37. The van der Waals surface area contributed by atoms with E-state index in [9.17, 15) is 9.59 Å². The van der Waals surface area contributed by atoms with Crippen LogP contribution in [0.4, 0.5) is 5.69 Å². The zero-order valence-corrected chi connectivity index (χ0v) is 10.9. The average molecular weight is 262 g/mol. The number of hydrogen-bond donors (Lipinski definition) is 2. The first-order valence-electron chi connectivity index (χ1n) is 6.48. The molecule has 2 N–H and O–H groups in total. The monoisotopic (exact) mass is 262 g/mol. The van der Waals surface area contributed by atoms with Crippen molar-refractivity contribution >= 4 is 17.5 Å². The first kappa shape index (κ1) is 13.5. The third kappa shape index (κ3) is 2.76. The summed E-state index contributed by atoms with van der Waals surface area (Å²) in [4.78, 5) is 25.5. The highest BCUT2D eigenvalue weighted by molar-refractivity contribution is 6.40. The zero-order chi connectivity index (χ0) is 13.8. The van der Waals surface area contributed by atoms with Crippen LogP contribution in [0, 0.1) is 0 Å². The van der Waals surface area contributed by atoms with Gasteiger partial charge in [-0.25, -0.2) is 0 Å². The van der Waals surface area contributed by atoms with Crippen LogP contribution < -0.4 is 10.2 Å². The van der Waals surface area contributed by atoms with Crippen LogP contribution in [0.25, 0.3) is 0 Å². The van der Waals surface area contributed by atoms with Crippen molar-refractivity contribution in [2.45, 2.75) is 25.8 Å². The van der Waals surface area contributed by atoms with Crippen molar-refractivity contribution in [3.05, 3.63) is 29.8 Å². The van der Waals surface area contributed by atoms with E-state index in [1.807, 2.05) is 31.2 Å². The van der Waals surface area contributed by atoms with Crippen molar-refractivity contribution in [3.8, 4) is 0 Å². The predicted molar refractivity (Wildman–Crippen MR) is 71.8 cm³/mol. The number of hydrogen-bond acceptors (Lipinski definition) is 3. The molecule has 1 aliphatic heterocycles. The first-order valence-corrected chi connectivity index (χ1v) is 6.48. The number of carbonyl (C=O) groups is 2. The van der Waals surface area contributed by atoms with Gasteiger partial charge in [0.25, 0.3) is 0 Å². The second-order valence-corrected chi connectivity index (χ2v) is 4.60. The molecule has 0 saturated heterocycles. The molecule has 1 atom stereocenters. The summed E-state index contributed by atoms with van der Waals surface area (Å²) in [6, 6.07) is 7.21. The number of para-hydroxylation sites is 1. The maximum absolute atomic E-state index is 12.1. The number of nitrogens with one attached hydrogen (secondary N) is 1. The van der Waals surface area contributed by atoms with E-state index in [0.29, 0.717) is 13.0 Å². The van der Waals surface area contributed by atoms with E-state index in [-0.39, 0.29) is 12.6 Å². The largest absolute Gasteiger partial charge is 0.394 e. The van der Waals surface area contributed by atoms with Crippen molar-refractivity contribution < 1.29 is 14.7 Å². The molecule has 1 aliphatic rings. The average Bonchev–Trinajstić information content (AvgIpc) is 2.87. The fourth-order valence-electron chi connectivity index (χ4n) is 2.20. The fraction of sp³-hybridized carbons (Fsp3) is 0.429. The van der Waals surface area contributed by atoms with Crippen LogP contribution in [0.15, 0.2) is 24.3 Å². The Morgan fingerprint density at radius 1 is 1.42 bits per heavy atom. The van der Waals surface area contributed by atoms with E-state index < -0.39 is 11.8 Å². The van der Waals surface area contributed by atoms with Gasteiger partial charge in [-0.05, 0) is 24.5 Å². The lowest BCUT2D eigenvalue weighted by molar-refractivity contribution is -0.138. The molecule has 1 unspecified atom stereocenters. The van der Waals surface area contributed by atoms with Crippen LogP contribution in [-0.4, -0.2) is 36.1 Å². The van der Waals surface area contributed by atoms with E-state index in [0.717, 1.165) is 17.7 Å². The number of anilines is 1. The van der Waals surface area contributed by atoms with Crippen molar-refractivity contribution in [1.82, 2.24) is 5.32 Å². The second kappa shape index (κ2) is 5.84. The molecule has 1 aromatic rings. The van der Waals surface area contributed by atoms with E-state index in [1.54, 1.807) is 0 Å². The molecular weight excluding hydrogens is 244 g/mol. The molecule has 2 rings (SSSR count). The van der Waals surface area contributed by atoms with Gasteiger partial charge in [-0.15, -0.1) is 0 Å². The van der Waals surface area contributed by atoms with Gasteiger partial charge >= 0.3 is 11.8 Å². The van der Waals surface area contributed by atoms with Gasteiger partial charge < -0.3 is 15.3 Å². The normalized spacial score (nSPS) is 14.9. The second-order valence-electron chi connectivity index (χ2n) is 4.60. The first-order chi connectivity index (χ1) is 9.17. The van der Waals surface area contributed by atoms with E-state index >= 15 is 0 Å². The Morgan fingerprint density at radius 2 is 2.16 bits per heavy atom. The molecule has 5 heteroatoms. The fourth-order valence-corrected chi connectivity index (χ4v) is 2.20. The number of rotatable bonds is 3. The zero-order valence-electron chi connectivity index (χ0n) is 10.9. The molecule has 0 spiro atoms. The minimum atomic E-state index is -0.655. The van der Waals surface area contributed by atoms with Gasteiger partial charge in [0, 0.05) is 12.2 Å². The van der Waals surface area contributed by atoms with E-state index in [4.69, 9.17) is 5.11 Å². The van der Waals surface area contributed by atoms with Gasteiger partial charge in [0.2, 0.25) is 0 Å². The Kier molecular flexibility index (Phi) is 4.16. The van der Waals surface area contributed by atoms with Crippen LogP contribution in [-0.2, 0) is 16.0 Å². The van der Waals surface area contributed by atoms with Crippen molar-refractivity contribution in [2.75, 3.05) is 18.1 Å². The molecule has 0 bridgehead atoms. The lowest BCUT2D eigenvalue weighted by Gasteiger charge is -2.19. The Bertz CT molecular complexity index is 483. The summed E-state index contributed by atoms with van der Waals surface area (Å²) in [6.45, 7) is 2.21. The number of aliphatic hydroxyl groups excluding tert-OH is 1. The van der Waals surface area contributed by atoms with E-state index in [1.165, 1.54) is 4.90 Å². The Balaban J connectivity index is 2.07. The standard InChI is InChI=1S/C14H18N2O3/c1-2-11(9-17)15-13(18)14(19)16-8-7-10-5-3-4-6-12(10)16/h3-6,11,17H,2,7-9H2,1H3,(H,15,18). The summed E-state index contributed by atoms with van der Waals surface area (Å²) < 4.78 is 0. The Morgan fingerprint density at radius 3 is 2.84 bits per heavy atom. The summed E-state index contributed by atoms with van der Waals surface area (Å²) in [5.74, 6) is -1.21. The van der Waals surface area contributed by atoms with Crippen LogP contribution >= 0.6 is 0 Å². The smallest absolute Gasteiger partial charge is 0.316 e. The number of benzene rings is 1. The number of nitrogens with zero attached hydrogens (tertiary/aromatic N) is 1. The molecule has 1 heterocycles. The lowest BCUT2D eigenvalue weighted by atomic mass is 10.2. The summed E-state index contributed by atoms with van der Waals surface area (Å²) in [5, 5.41) is 11.6. The lowest BCUT2D eigenvalue weighted by Crippen LogP contribution is -2.47. The number of amides is 2. The molecule has 0 radical (unpaired) electrons. The van der Waals surface area contributed by atoms with Crippen LogP contribution in [0.2, 0.25) is 0 Å². The summed E-state index contributed by atoms with van der Waals surface area (Å²) >= 11 is 0. The van der Waals surface area contributed by atoms with Gasteiger partial charge in [-0.2, -0.15) is 0 Å². The Hall–Kier alpha value is -1.88. The molecule has 19 heavy (non-hydrogen) atoms. The topological polar surface area (TPSA) is 69.6 Å². The van der Waals surface area contributed by atoms with Gasteiger partial charge in [0.1, 0.15) is 0 Å². The molecule has 0 aliphatic carbocycles. The van der Waals surface area contributed by atoms with Crippen molar-refractivity contribution in [3.63, 3.8) is 0 Å². The van der Waals surface area contributed by atoms with E-state index in [2.05, 4.69) is 5.32 Å². The minimum absolute atomic E-state index is 0.161. The van der Waals surface area contributed by atoms with Gasteiger partial charge in [-0.1, -0.05) is 25.1 Å². The predicted octanol–water partition coefficient (Wildman–Crippen LogP) is 0.463. The van der Waals surface area contributed by atoms with Crippen LogP contribution in [0.1, 0.15) is 18.9 Å². The quantitative estimate of drug-likeness (QED) is 0.778. The maximum Gasteiger partial charge on any atom is 0.316 e. The molecule has 1 aromatic carbocycles. The maximum atomic E-state index is 12.1. The highest BCUT2D eigenvalue weighted by Gasteiger charge is 2.29. The number of carbonyl (C=O) groups excluding carboxylic acids is 2. The van der Waals surface area contributed by atoms with Gasteiger partial charge in [0.15, 0.2) is 0 Å². The minimum Gasteiger partial charge on any atom is -0.394 e. The Labute approximate surface area is 112 Å². The summed E-state index contributed by atoms with van der Waals surface area (Å²) in [7, 11) is 0. The SMILES string of the molecule is CCC(CO)NC(=O)C(=O)N1CCc2ccccc21. The molecule has 0 saturated carbocycles. The van der Waals surface area contributed by atoms with Crippen LogP contribution in [0.5, 0.6) is 0 Å². The van der Waals surface area contributed by atoms with Gasteiger partial charge in [-0.3, -0.25) is 9.59 Å². The molecule has 102 valence electrons. The highest BCUT2D eigenvalue weighted by Crippen LogP contribution is 2.27. The summed E-state index contributed by atoms with van der Waals surface area (Å²) in [5.41, 5.74) is 1.89. The number of aliphatic hydroxyl groups is 1. The van der Waals surface area contributed by atoms with Crippen molar-refractivity contribution in [2.24, 2.45) is 0 Å². The molecule has 2 amide bonds. The van der Waals surface area contributed by atoms with Gasteiger partial charge in [0.05, 0.1) is 12.6 Å². The van der Waals surface area contributed by atoms with Crippen LogP contribution in [0.3, 0.4) is 0 Å². The number of fused-ring (bicyclic) bond motifs is 1. The molecule has 5 nitrogen and oxygen atoms in total.